The van der Waals surface area contributed by atoms with E-state index in [2.05, 4.69) is 10.3 Å². The van der Waals surface area contributed by atoms with Crippen LogP contribution in [0.1, 0.15) is 33.2 Å². The van der Waals surface area contributed by atoms with E-state index >= 15 is 0 Å². The molecule has 0 aliphatic rings. The number of pyridine rings is 1. The summed E-state index contributed by atoms with van der Waals surface area (Å²) < 4.78 is 0. The Bertz CT molecular complexity index is 1460. The fraction of sp³-hybridized carbons (Fsp3) is 0.111. The number of ketones is 1. The number of rotatable bonds is 7. The minimum atomic E-state index is -1.32. The minimum Gasteiger partial charge on any atom is -0.477 e. The summed E-state index contributed by atoms with van der Waals surface area (Å²) in [5.41, 5.74) is 2.17. The summed E-state index contributed by atoms with van der Waals surface area (Å²) in [5, 5.41) is 12.1. The fourth-order valence-electron chi connectivity index (χ4n) is 3.79. The second-order valence-corrected chi connectivity index (χ2v) is 7.97. The van der Waals surface area contributed by atoms with Crippen LogP contribution in [0.3, 0.4) is 0 Å². The number of carboxylic acids is 1. The monoisotopic (exact) mass is 454 g/mol. The first kappa shape index (κ1) is 22.7. The average Bonchev–Trinajstić information content (AvgIpc) is 2.84. The Balaban J connectivity index is 1.51. The molecule has 4 rings (SSSR count). The molecular weight excluding hydrogens is 432 g/mol. The van der Waals surface area contributed by atoms with E-state index in [0.29, 0.717) is 16.6 Å². The zero-order valence-corrected chi connectivity index (χ0v) is 18.4. The lowest BCUT2D eigenvalue weighted by Gasteiger charge is -2.15. The maximum absolute atomic E-state index is 13.0. The predicted molar refractivity (Wildman–Crippen MR) is 129 cm³/mol. The number of fused-ring (bicyclic) bond motifs is 1. The third-order valence-electron chi connectivity index (χ3n) is 5.64. The van der Waals surface area contributed by atoms with Crippen molar-refractivity contribution in [1.29, 1.82) is 0 Å². The number of aromatic amines is 1. The third kappa shape index (κ3) is 4.63. The molecule has 3 aromatic carbocycles. The van der Waals surface area contributed by atoms with Crippen LogP contribution in [0.25, 0.3) is 22.0 Å². The highest BCUT2D eigenvalue weighted by atomic mass is 16.4. The lowest BCUT2D eigenvalue weighted by molar-refractivity contribution is -0.119. The van der Waals surface area contributed by atoms with E-state index in [1.807, 2.05) is 42.5 Å². The molecule has 0 radical (unpaired) electrons. The van der Waals surface area contributed by atoms with Crippen LogP contribution in [0.15, 0.2) is 83.8 Å². The molecular formula is C27H22N2O5. The SMILES string of the molecule is C[C@H](NC(=O)c1ccccc1-c1ccccc1)C(=O)Cc1ccc2[nH]cc(C(=O)O)c(=O)c2c1. The summed E-state index contributed by atoms with van der Waals surface area (Å²) in [4.78, 5) is 52.3. The van der Waals surface area contributed by atoms with Gasteiger partial charge >= 0.3 is 5.97 Å². The van der Waals surface area contributed by atoms with E-state index < -0.39 is 17.4 Å². The zero-order chi connectivity index (χ0) is 24.2. The van der Waals surface area contributed by atoms with Gasteiger partial charge in [0.05, 0.1) is 6.04 Å². The number of hydrogen-bond acceptors (Lipinski definition) is 4. The van der Waals surface area contributed by atoms with Crippen LogP contribution in [-0.4, -0.2) is 33.8 Å². The lowest BCUT2D eigenvalue weighted by atomic mass is 9.98. The summed E-state index contributed by atoms with van der Waals surface area (Å²) in [7, 11) is 0. The van der Waals surface area contributed by atoms with Crippen LogP contribution < -0.4 is 10.7 Å². The van der Waals surface area contributed by atoms with E-state index in [1.165, 1.54) is 6.07 Å². The first-order chi connectivity index (χ1) is 16.3. The van der Waals surface area contributed by atoms with Gasteiger partial charge in [-0.05, 0) is 41.8 Å². The number of carboxylic acid groups (broad SMARTS) is 1. The number of aromatic nitrogens is 1. The van der Waals surface area contributed by atoms with Crippen molar-refractivity contribution in [3.05, 3.63) is 106 Å². The van der Waals surface area contributed by atoms with Crippen LogP contribution in [0, 0.1) is 0 Å². The molecule has 1 atom stereocenters. The molecule has 34 heavy (non-hydrogen) atoms. The molecule has 0 bridgehead atoms. The Kier molecular flexibility index (Phi) is 6.36. The topological polar surface area (TPSA) is 116 Å². The number of H-pyrrole nitrogens is 1. The molecule has 0 fully saturated rings. The molecule has 1 aromatic heterocycles. The first-order valence-electron chi connectivity index (χ1n) is 10.7. The lowest BCUT2D eigenvalue weighted by Crippen LogP contribution is -2.39. The van der Waals surface area contributed by atoms with Crippen molar-refractivity contribution in [1.82, 2.24) is 10.3 Å². The van der Waals surface area contributed by atoms with Gasteiger partial charge < -0.3 is 15.4 Å². The summed E-state index contributed by atoms with van der Waals surface area (Å²) >= 11 is 0. The van der Waals surface area contributed by atoms with Gasteiger partial charge in [0.2, 0.25) is 5.43 Å². The summed E-state index contributed by atoms with van der Waals surface area (Å²) in [5.74, 6) is -1.92. The van der Waals surface area contributed by atoms with E-state index in [4.69, 9.17) is 5.11 Å². The van der Waals surface area contributed by atoms with Gasteiger partial charge in [-0.15, -0.1) is 0 Å². The molecule has 170 valence electrons. The number of aromatic carboxylic acids is 1. The van der Waals surface area contributed by atoms with Crippen LogP contribution in [-0.2, 0) is 11.2 Å². The molecule has 1 heterocycles. The van der Waals surface area contributed by atoms with Gasteiger partial charge in [0.1, 0.15) is 5.56 Å². The van der Waals surface area contributed by atoms with E-state index in [1.54, 1.807) is 31.2 Å². The number of hydrogen-bond donors (Lipinski definition) is 3. The van der Waals surface area contributed by atoms with Gasteiger partial charge in [0.15, 0.2) is 5.78 Å². The molecule has 7 heteroatoms. The molecule has 0 unspecified atom stereocenters. The molecule has 0 aliphatic heterocycles. The van der Waals surface area contributed by atoms with Crippen molar-refractivity contribution in [2.45, 2.75) is 19.4 Å². The van der Waals surface area contributed by atoms with Crippen LogP contribution >= 0.6 is 0 Å². The first-order valence-corrected chi connectivity index (χ1v) is 10.7. The Morgan fingerprint density at radius 2 is 1.65 bits per heavy atom. The maximum Gasteiger partial charge on any atom is 0.341 e. The number of carbonyl (C=O) groups excluding carboxylic acids is 2. The van der Waals surface area contributed by atoms with E-state index in [0.717, 1.165) is 17.3 Å². The third-order valence-corrected chi connectivity index (χ3v) is 5.64. The molecule has 0 saturated carbocycles. The molecule has 3 N–H and O–H groups in total. The quantitative estimate of drug-likeness (QED) is 0.393. The largest absolute Gasteiger partial charge is 0.477 e. The van der Waals surface area contributed by atoms with Gasteiger partial charge in [-0.1, -0.05) is 54.6 Å². The Hall–Kier alpha value is -4.52. The zero-order valence-electron chi connectivity index (χ0n) is 18.4. The summed E-state index contributed by atoms with van der Waals surface area (Å²) in [6, 6.07) is 20.8. The Morgan fingerprint density at radius 3 is 2.38 bits per heavy atom. The number of Topliss-reactive ketones (excluding diaryl/α,β-unsaturated/α-hetero) is 1. The second kappa shape index (κ2) is 9.54. The highest BCUT2D eigenvalue weighted by molar-refractivity contribution is 6.03. The van der Waals surface area contributed by atoms with Gasteiger partial charge in [0, 0.05) is 29.1 Å². The number of nitrogens with one attached hydrogen (secondary N) is 2. The molecule has 7 nitrogen and oxygen atoms in total. The summed E-state index contributed by atoms with van der Waals surface area (Å²) in [6.07, 6.45) is 1.14. The molecule has 1 amide bonds. The van der Waals surface area contributed by atoms with Gasteiger partial charge in [-0.3, -0.25) is 14.4 Å². The molecule has 0 spiro atoms. The highest BCUT2D eigenvalue weighted by Gasteiger charge is 2.20. The average molecular weight is 454 g/mol. The minimum absolute atomic E-state index is 0.0194. The number of carbonyl (C=O) groups is 3. The van der Waals surface area contributed by atoms with E-state index in [9.17, 15) is 19.2 Å². The predicted octanol–water partition coefficient (Wildman–Crippen LogP) is 3.82. The molecule has 0 saturated heterocycles. The van der Waals surface area contributed by atoms with Gasteiger partial charge in [-0.25, -0.2) is 4.79 Å². The smallest absolute Gasteiger partial charge is 0.341 e. The van der Waals surface area contributed by atoms with Crippen molar-refractivity contribution in [2.24, 2.45) is 0 Å². The van der Waals surface area contributed by atoms with Crippen LogP contribution in [0.4, 0.5) is 0 Å². The van der Waals surface area contributed by atoms with Crippen LogP contribution in [0.5, 0.6) is 0 Å². The molecule has 0 aliphatic carbocycles. The Labute approximate surface area is 195 Å². The van der Waals surface area contributed by atoms with Crippen molar-refractivity contribution < 1.29 is 19.5 Å². The summed E-state index contributed by atoms with van der Waals surface area (Å²) in [6.45, 7) is 1.61. The van der Waals surface area contributed by atoms with E-state index in [-0.39, 0.29) is 29.1 Å². The highest BCUT2D eigenvalue weighted by Crippen LogP contribution is 2.23. The van der Waals surface area contributed by atoms with Gasteiger partial charge in [-0.2, -0.15) is 0 Å². The van der Waals surface area contributed by atoms with Gasteiger partial charge in [0.25, 0.3) is 5.91 Å². The van der Waals surface area contributed by atoms with Crippen molar-refractivity contribution in [3.63, 3.8) is 0 Å². The van der Waals surface area contributed by atoms with Crippen molar-refractivity contribution >= 4 is 28.6 Å². The van der Waals surface area contributed by atoms with Crippen molar-refractivity contribution in [2.75, 3.05) is 0 Å². The standard InChI is InChI=1S/C27H22N2O5/c1-16(29-26(32)20-10-6-5-9-19(20)18-7-3-2-4-8-18)24(30)14-17-11-12-23-21(13-17)25(31)22(15-28-23)27(33)34/h2-13,15-16H,14H2,1H3,(H,28,31)(H,29,32)(H,33,34)/t16-/m0/s1. The van der Waals surface area contributed by atoms with Crippen LogP contribution in [0.2, 0.25) is 0 Å². The Morgan fingerprint density at radius 1 is 0.941 bits per heavy atom. The fourth-order valence-corrected chi connectivity index (χ4v) is 3.79. The number of amides is 1. The number of benzene rings is 3. The second-order valence-electron chi connectivity index (χ2n) is 7.97. The normalized spacial score (nSPS) is 11.7. The molecule has 4 aromatic rings. The maximum atomic E-state index is 13.0. The van der Waals surface area contributed by atoms with Crippen molar-refractivity contribution in [3.8, 4) is 11.1 Å².